The monoisotopic (exact) mass is 129 g/mol. The zero-order valence-corrected chi connectivity index (χ0v) is 5.88. The molecular weight excluding hydrogens is 114 g/mol. The zero-order chi connectivity index (χ0) is 6.85. The van der Waals surface area contributed by atoms with Crippen molar-refractivity contribution in [2.24, 2.45) is 11.7 Å². The van der Waals surface area contributed by atoms with Crippen molar-refractivity contribution in [3.8, 4) is 0 Å². The topological polar surface area (TPSA) is 46.2 Å². The summed E-state index contributed by atoms with van der Waals surface area (Å²) in [5.74, 6) is 0.411. The van der Waals surface area contributed by atoms with Crippen LogP contribution in [0.3, 0.4) is 0 Å². The van der Waals surface area contributed by atoms with Gasteiger partial charge in [0.15, 0.2) is 0 Å². The third-order valence-corrected chi connectivity index (χ3v) is 2.22. The van der Waals surface area contributed by atoms with Crippen molar-refractivity contribution in [3.05, 3.63) is 0 Å². The van der Waals surface area contributed by atoms with Crippen molar-refractivity contribution in [1.82, 2.24) is 0 Å². The van der Waals surface area contributed by atoms with Crippen LogP contribution in [0.15, 0.2) is 0 Å². The fraction of sp³-hybridized carbons (Fsp3) is 1.00. The Kier molecular flexibility index (Phi) is 2.09. The quantitative estimate of drug-likeness (QED) is 0.500. The average Bonchev–Trinajstić information content (AvgIpc) is 1.83. The Hall–Kier alpha value is -0.0800. The SMILES string of the molecule is CC1CCCC(N)C1O. The fourth-order valence-electron chi connectivity index (χ4n) is 1.44. The highest BCUT2D eigenvalue weighted by Crippen LogP contribution is 2.22. The van der Waals surface area contributed by atoms with Crippen LogP contribution in [0.1, 0.15) is 26.2 Å². The molecular formula is C7H15NO. The lowest BCUT2D eigenvalue weighted by atomic mass is 9.85. The Bertz CT molecular complexity index is 84.9. The Morgan fingerprint density at radius 1 is 1.44 bits per heavy atom. The van der Waals surface area contributed by atoms with Crippen molar-refractivity contribution in [2.45, 2.75) is 38.3 Å². The first kappa shape index (κ1) is 7.03. The van der Waals surface area contributed by atoms with Crippen molar-refractivity contribution >= 4 is 0 Å². The molecule has 3 atom stereocenters. The first-order valence-corrected chi connectivity index (χ1v) is 3.65. The lowest BCUT2D eigenvalue weighted by Gasteiger charge is -2.29. The highest BCUT2D eigenvalue weighted by molar-refractivity contribution is 4.81. The van der Waals surface area contributed by atoms with Gasteiger partial charge in [0.05, 0.1) is 6.10 Å². The van der Waals surface area contributed by atoms with Crippen LogP contribution in [0.5, 0.6) is 0 Å². The van der Waals surface area contributed by atoms with Crippen LogP contribution in [-0.2, 0) is 0 Å². The molecule has 0 spiro atoms. The second-order valence-electron chi connectivity index (χ2n) is 3.06. The Morgan fingerprint density at radius 3 is 2.56 bits per heavy atom. The van der Waals surface area contributed by atoms with Gasteiger partial charge in [0.2, 0.25) is 0 Å². The fourth-order valence-corrected chi connectivity index (χ4v) is 1.44. The molecule has 54 valence electrons. The van der Waals surface area contributed by atoms with E-state index in [-0.39, 0.29) is 12.1 Å². The second-order valence-corrected chi connectivity index (χ2v) is 3.06. The van der Waals surface area contributed by atoms with Gasteiger partial charge in [-0.2, -0.15) is 0 Å². The van der Waals surface area contributed by atoms with Gasteiger partial charge in [-0.05, 0) is 18.8 Å². The molecule has 2 heteroatoms. The van der Waals surface area contributed by atoms with E-state index in [1.807, 2.05) is 0 Å². The number of nitrogens with two attached hydrogens (primary N) is 1. The summed E-state index contributed by atoms with van der Waals surface area (Å²) in [7, 11) is 0. The largest absolute Gasteiger partial charge is 0.391 e. The van der Waals surface area contributed by atoms with Gasteiger partial charge in [-0.1, -0.05) is 13.3 Å². The molecule has 2 nitrogen and oxygen atoms in total. The van der Waals surface area contributed by atoms with Crippen molar-refractivity contribution in [2.75, 3.05) is 0 Å². The van der Waals surface area contributed by atoms with E-state index < -0.39 is 0 Å². The van der Waals surface area contributed by atoms with E-state index in [2.05, 4.69) is 6.92 Å². The number of rotatable bonds is 0. The maximum absolute atomic E-state index is 9.32. The minimum atomic E-state index is -0.251. The Labute approximate surface area is 56.1 Å². The van der Waals surface area contributed by atoms with Gasteiger partial charge in [0, 0.05) is 6.04 Å². The molecule has 1 saturated carbocycles. The zero-order valence-electron chi connectivity index (χ0n) is 5.88. The van der Waals surface area contributed by atoms with E-state index in [1.165, 1.54) is 6.42 Å². The minimum Gasteiger partial charge on any atom is -0.391 e. The van der Waals surface area contributed by atoms with Crippen LogP contribution in [0, 0.1) is 5.92 Å². The van der Waals surface area contributed by atoms with E-state index in [4.69, 9.17) is 5.73 Å². The van der Waals surface area contributed by atoms with Gasteiger partial charge in [0.25, 0.3) is 0 Å². The summed E-state index contributed by atoms with van der Waals surface area (Å²) in [6.07, 6.45) is 3.05. The summed E-state index contributed by atoms with van der Waals surface area (Å²) >= 11 is 0. The predicted octanol–water partition coefficient (Wildman–Crippen LogP) is 0.495. The van der Waals surface area contributed by atoms with Gasteiger partial charge in [-0.25, -0.2) is 0 Å². The molecule has 1 aliphatic rings. The number of hydrogen-bond acceptors (Lipinski definition) is 2. The molecule has 0 amide bonds. The molecule has 0 radical (unpaired) electrons. The molecule has 3 unspecified atom stereocenters. The van der Waals surface area contributed by atoms with Gasteiger partial charge in [-0.15, -0.1) is 0 Å². The first-order valence-electron chi connectivity index (χ1n) is 3.65. The van der Waals surface area contributed by atoms with Gasteiger partial charge >= 0.3 is 0 Å². The summed E-state index contributed by atoms with van der Waals surface area (Å²) in [6.45, 7) is 2.06. The average molecular weight is 129 g/mol. The lowest BCUT2D eigenvalue weighted by Crippen LogP contribution is -2.42. The van der Waals surface area contributed by atoms with Crippen LogP contribution < -0.4 is 5.73 Å². The summed E-state index contributed by atoms with van der Waals surface area (Å²) in [6, 6.07) is 0.0359. The van der Waals surface area contributed by atoms with Gasteiger partial charge in [0.1, 0.15) is 0 Å². The van der Waals surface area contributed by atoms with E-state index in [1.54, 1.807) is 0 Å². The molecule has 0 bridgehead atoms. The third kappa shape index (κ3) is 1.43. The van der Waals surface area contributed by atoms with Crippen molar-refractivity contribution < 1.29 is 5.11 Å². The van der Waals surface area contributed by atoms with Crippen LogP contribution in [-0.4, -0.2) is 17.3 Å². The number of aliphatic hydroxyl groups excluding tert-OH is 1. The maximum Gasteiger partial charge on any atom is 0.0716 e. The van der Waals surface area contributed by atoms with Crippen molar-refractivity contribution in [3.63, 3.8) is 0 Å². The first-order chi connectivity index (χ1) is 4.22. The molecule has 0 aliphatic heterocycles. The molecule has 3 N–H and O–H groups in total. The Morgan fingerprint density at radius 2 is 2.11 bits per heavy atom. The minimum absolute atomic E-state index is 0.0359. The third-order valence-electron chi connectivity index (χ3n) is 2.22. The van der Waals surface area contributed by atoms with E-state index >= 15 is 0 Å². The van der Waals surface area contributed by atoms with E-state index in [0.717, 1.165) is 12.8 Å². The summed E-state index contributed by atoms with van der Waals surface area (Å²) in [5, 5.41) is 9.32. The number of hydrogen-bond donors (Lipinski definition) is 2. The number of aliphatic hydroxyl groups is 1. The molecule has 1 fully saturated rings. The molecule has 1 rings (SSSR count). The highest BCUT2D eigenvalue weighted by Gasteiger charge is 2.25. The predicted molar refractivity (Wildman–Crippen MR) is 37.0 cm³/mol. The lowest BCUT2D eigenvalue weighted by molar-refractivity contribution is 0.0601. The van der Waals surface area contributed by atoms with Crippen LogP contribution in [0.4, 0.5) is 0 Å². The normalized spacial score (nSPS) is 45.0. The molecule has 9 heavy (non-hydrogen) atoms. The van der Waals surface area contributed by atoms with E-state index in [0.29, 0.717) is 5.92 Å². The molecule has 0 saturated heterocycles. The van der Waals surface area contributed by atoms with Gasteiger partial charge < -0.3 is 10.8 Å². The van der Waals surface area contributed by atoms with Crippen LogP contribution >= 0.6 is 0 Å². The molecule has 0 aromatic heterocycles. The molecule has 0 aromatic rings. The summed E-state index contributed by atoms with van der Waals surface area (Å²) in [4.78, 5) is 0. The second kappa shape index (κ2) is 2.67. The Balaban J connectivity index is 2.41. The molecule has 0 heterocycles. The van der Waals surface area contributed by atoms with Crippen molar-refractivity contribution in [1.29, 1.82) is 0 Å². The smallest absolute Gasteiger partial charge is 0.0716 e. The molecule has 1 aliphatic carbocycles. The van der Waals surface area contributed by atoms with Crippen LogP contribution in [0.25, 0.3) is 0 Å². The van der Waals surface area contributed by atoms with Crippen LogP contribution in [0.2, 0.25) is 0 Å². The standard InChI is InChI=1S/C7H15NO/c1-5-3-2-4-6(8)7(5)9/h5-7,9H,2-4,8H2,1H3. The highest BCUT2D eigenvalue weighted by atomic mass is 16.3. The summed E-state index contributed by atoms with van der Waals surface area (Å²) < 4.78 is 0. The van der Waals surface area contributed by atoms with Gasteiger partial charge in [-0.3, -0.25) is 0 Å². The summed E-state index contributed by atoms with van der Waals surface area (Å²) in [5.41, 5.74) is 5.62. The molecule has 0 aromatic carbocycles. The van der Waals surface area contributed by atoms with E-state index in [9.17, 15) is 5.11 Å². The maximum atomic E-state index is 9.32.